The van der Waals surface area contributed by atoms with E-state index in [0.717, 1.165) is 17.1 Å². The van der Waals surface area contributed by atoms with Gasteiger partial charge in [0.1, 0.15) is 0 Å². The first kappa shape index (κ1) is 15.2. The van der Waals surface area contributed by atoms with E-state index in [-0.39, 0.29) is 0 Å². The summed E-state index contributed by atoms with van der Waals surface area (Å²) in [6.07, 6.45) is 6.49. The van der Waals surface area contributed by atoms with Gasteiger partial charge in [0.25, 0.3) is 0 Å². The predicted octanol–water partition coefficient (Wildman–Crippen LogP) is 5.35. The maximum Gasteiger partial charge on any atom is 0.0406 e. The fourth-order valence-electron chi connectivity index (χ4n) is 4.34. The molecular formula is C21H24ClN. The lowest BCUT2D eigenvalue weighted by Gasteiger charge is -2.35. The number of halogens is 1. The van der Waals surface area contributed by atoms with Crippen LogP contribution in [0.3, 0.4) is 0 Å². The van der Waals surface area contributed by atoms with Crippen LogP contribution in [0.25, 0.3) is 11.1 Å². The largest absolute Gasteiger partial charge is 0.297 e. The number of likely N-dealkylation sites (tertiary alicyclic amines) is 1. The summed E-state index contributed by atoms with van der Waals surface area (Å²) in [4.78, 5) is 2.75. The van der Waals surface area contributed by atoms with Crippen LogP contribution in [0.2, 0.25) is 5.02 Å². The molecule has 0 saturated carbocycles. The van der Waals surface area contributed by atoms with Gasteiger partial charge in [0, 0.05) is 17.1 Å². The lowest BCUT2D eigenvalue weighted by Crippen LogP contribution is -2.41. The van der Waals surface area contributed by atoms with Gasteiger partial charge in [-0.1, -0.05) is 41.9 Å². The Labute approximate surface area is 144 Å². The number of hydrogen-bond donors (Lipinski definition) is 0. The van der Waals surface area contributed by atoms with Crippen LogP contribution in [-0.2, 0) is 12.8 Å². The van der Waals surface area contributed by atoms with Crippen molar-refractivity contribution in [1.82, 2.24) is 4.90 Å². The Morgan fingerprint density at radius 3 is 2.48 bits per heavy atom. The lowest BCUT2D eigenvalue weighted by molar-refractivity contribution is 0.174. The van der Waals surface area contributed by atoms with E-state index in [1.807, 2.05) is 12.1 Å². The highest BCUT2D eigenvalue weighted by Gasteiger charge is 2.30. The highest BCUT2D eigenvalue weighted by atomic mass is 35.5. The molecule has 1 heterocycles. The highest BCUT2D eigenvalue weighted by molar-refractivity contribution is 6.30. The average Bonchev–Trinajstić information content (AvgIpc) is 3.01. The van der Waals surface area contributed by atoms with Gasteiger partial charge in [-0.15, -0.1) is 0 Å². The van der Waals surface area contributed by atoms with E-state index < -0.39 is 0 Å². The van der Waals surface area contributed by atoms with Gasteiger partial charge in [-0.25, -0.2) is 0 Å². The summed E-state index contributed by atoms with van der Waals surface area (Å²) in [6, 6.07) is 16.7. The van der Waals surface area contributed by atoms with Gasteiger partial charge in [-0.2, -0.15) is 0 Å². The van der Waals surface area contributed by atoms with Crippen molar-refractivity contribution >= 4 is 11.6 Å². The molecule has 0 radical (unpaired) electrons. The molecule has 1 saturated heterocycles. The minimum absolute atomic E-state index is 0.751. The third-order valence-electron chi connectivity index (χ3n) is 5.66. The Morgan fingerprint density at radius 1 is 0.957 bits per heavy atom. The van der Waals surface area contributed by atoms with E-state index in [2.05, 4.69) is 42.2 Å². The Balaban J connectivity index is 1.56. The van der Waals surface area contributed by atoms with Crippen LogP contribution < -0.4 is 0 Å². The summed E-state index contributed by atoms with van der Waals surface area (Å²) < 4.78 is 0. The van der Waals surface area contributed by atoms with Gasteiger partial charge < -0.3 is 0 Å². The van der Waals surface area contributed by atoms with Crippen LogP contribution in [-0.4, -0.2) is 23.5 Å². The zero-order valence-electron chi connectivity index (χ0n) is 13.8. The number of aryl methyl sites for hydroxylation is 1. The molecular weight excluding hydrogens is 302 g/mol. The number of rotatable bonds is 2. The second kappa shape index (κ2) is 6.30. The second-order valence-corrected chi connectivity index (χ2v) is 7.55. The van der Waals surface area contributed by atoms with Crippen LogP contribution in [0.1, 0.15) is 37.3 Å². The Morgan fingerprint density at radius 2 is 1.74 bits per heavy atom. The van der Waals surface area contributed by atoms with Crippen molar-refractivity contribution in [3.63, 3.8) is 0 Å². The van der Waals surface area contributed by atoms with E-state index in [4.69, 9.17) is 11.6 Å². The van der Waals surface area contributed by atoms with Crippen LogP contribution >= 0.6 is 11.6 Å². The molecule has 120 valence electrons. The second-order valence-electron chi connectivity index (χ2n) is 7.12. The molecule has 2 atom stereocenters. The SMILES string of the molecule is CC1CCCN1C1CCc2cc(-c3ccc(Cl)cc3)ccc2C1. The molecule has 0 bridgehead atoms. The third kappa shape index (κ3) is 3.05. The molecule has 0 amide bonds. The topological polar surface area (TPSA) is 3.24 Å². The summed E-state index contributed by atoms with van der Waals surface area (Å²) in [5.74, 6) is 0. The number of benzene rings is 2. The van der Waals surface area contributed by atoms with Crippen molar-refractivity contribution in [3.8, 4) is 11.1 Å². The van der Waals surface area contributed by atoms with Crippen molar-refractivity contribution in [2.24, 2.45) is 0 Å². The molecule has 2 unspecified atom stereocenters. The Kier molecular flexibility index (Phi) is 4.17. The number of fused-ring (bicyclic) bond motifs is 1. The molecule has 2 aromatic rings. The standard InChI is InChI=1S/C21H24ClN/c1-15-3-2-12-23(15)21-11-8-18-13-17(4-5-19(18)14-21)16-6-9-20(22)10-7-16/h4-7,9-10,13,15,21H,2-3,8,11-12,14H2,1H3. The van der Waals surface area contributed by atoms with Crippen LogP contribution in [0, 0.1) is 0 Å². The van der Waals surface area contributed by atoms with Crippen molar-refractivity contribution in [3.05, 3.63) is 58.6 Å². The van der Waals surface area contributed by atoms with E-state index in [1.165, 1.54) is 49.8 Å². The van der Waals surface area contributed by atoms with Crippen molar-refractivity contribution in [1.29, 1.82) is 0 Å². The summed E-state index contributed by atoms with van der Waals surface area (Å²) in [5.41, 5.74) is 5.67. The van der Waals surface area contributed by atoms with Gasteiger partial charge in [-0.3, -0.25) is 4.90 Å². The minimum Gasteiger partial charge on any atom is -0.297 e. The molecule has 1 aliphatic heterocycles. The van der Waals surface area contributed by atoms with Crippen molar-refractivity contribution < 1.29 is 0 Å². The quantitative estimate of drug-likeness (QED) is 0.719. The Hall–Kier alpha value is -1.31. The molecule has 2 aliphatic rings. The van der Waals surface area contributed by atoms with E-state index in [0.29, 0.717) is 0 Å². The molecule has 23 heavy (non-hydrogen) atoms. The fourth-order valence-corrected chi connectivity index (χ4v) is 4.46. The first-order chi connectivity index (χ1) is 11.2. The first-order valence-electron chi connectivity index (χ1n) is 8.84. The normalized spacial score (nSPS) is 24.6. The molecule has 2 heteroatoms. The van der Waals surface area contributed by atoms with E-state index in [1.54, 1.807) is 11.1 Å². The molecule has 0 spiro atoms. The smallest absolute Gasteiger partial charge is 0.0406 e. The number of nitrogens with zero attached hydrogens (tertiary/aromatic N) is 1. The monoisotopic (exact) mass is 325 g/mol. The van der Waals surface area contributed by atoms with Crippen molar-refractivity contribution in [2.45, 2.75) is 51.1 Å². The summed E-state index contributed by atoms with van der Waals surface area (Å²) in [6.45, 7) is 3.69. The molecule has 1 nitrogen and oxygen atoms in total. The zero-order chi connectivity index (χ0) is 15.8. The minimum atomic E-state index is 0.751. The molecule has 2 aromatic carbocycles. The number of hydrogen-bond acceptors (Lipinski definition) is 1. The van der Waals surface area contributed by atoms with Gasteiger partial charge in [0.2, 0.25) is 0 Å². The van der Waals surface area contributed by atoms with Gasteiger partial charge in [-0.05, 0) is 80.0 Å². The van der Waals surface area contributed by atoms with Crippen molar-refractivity contribution in [2.75, 3.05) is 6.54 Å². The maximum atomic E-state index is 6.00. The van der Waals surface area contributed by atoms with E-state index in [9.17, 15) is 0 Å². The molecule has 1 aliphatic carbocycles. The Bertz CT molecular complexity index is 691. The molecule has 1 fully saturated rings. The van der Waals surface area contributed by atoms with Gasteiger partial charge in [0.05, 0.1) is 0 Å². The first-order valence-corrected chi connectivity index (χ1v) is 9.22. The van der Waals surface area contributed by atoms with Crippen LogP contribution in [0.5, 0.6) is 0 Å². The van der Waals surface area contributed by atoms with Crippen LogP contribution in [0.15, 0.2) is 42.5 Å². The molecule has 0 aromatic heterocycles. The summed E-state index contributed by atoms with van der Waals surface area (Å²) in [5, 5.41) is 0.800. The van der Waals surface area contributed by atoms with Crippen LogP contribution in [0.4, 0.5) is 0 Å². The maximum absolute atomic E-state index is 6.00. The molecule has 4 rings (SSSR count). The fraction of sp³-hybridized carbons (Fsp3) is 0.429. The predicted molar refractivity (Wildman–Crippen MR) is 98.1 cm³/mol. The third-order valence-corrected chi connectivity index (χ3v) is 5.91. The van der Waals surface area contributed by atoms with Gasteiger partial charge in [0.15, 0.2) is 0 Å². The summed E-state index contributed by atoms with van der Waals surface area (Å²) in [7, 11) is 0. The van der Waals surface area contributed by atoms with E-state index >= 15 is 0 Å². The average molecular weight is 326 g/mol. The zero-order valence-corrected chi connectivity index (χ0v) is 14.5. The highest BCUT2D eigenvalue weighted by Crippen LogP contribution is 2.32. The summed E-state index contributed by atoms with van der Waals surface area (Å²) >= 11 is 6.00. The van der Waals surface area contributed by atoms with Gasteiger partial charge >= 0.3 is 0 Å². The molecule has 0 N–H and O–H groups in total. The lowest BCUT2D eigenvalue weighted by atomic mass is 9.85.